The molecule has 1 aromatic carbocycles. The number of alkyl halides is 3. The van der Waals surface area contributed by atoms with E-state index in [2.05, 4.69) is 0 Å². The molecule has 0 aliphatic carbocycles. The van der Waals surface area contributed by atoms with Crippen LogP contribution < -0.4 is 0 Å². The molecule has 4 heteroatoms. The Morgan fingerprint density at radius 2 is 1.87 bits per heavy atom. The van der Waals surface area contributed by atoms with Crippen molar-refractivity contribution in [1.29, 1.82) is 0 Å². The Kier molecular flexibility index (Phi) is 3.88. The minimum Gasteiger partial charge on any atom is -0.291 e. The largest absolute Gasteiger partial charge is 0.416 e. The van der Waals surface area contributed by atoms with Crippen molar-refractivity contribution in [3.05, 3.63) is 35.4 Å². The molecule has 15 heavy (non-hydrogen) atoms. The summed E-state index contributed by atoms with van der Waals surface area (Å²) in [6.07, 6.45) is -1.83. The zero-order chi connectivity index (χ0) is 11.3. The number of hydrogen-bond donors (Lipinski definition) is 0. The molecule has 0 aliphatic heterocycles. The number of halogens is 3. The van der Waals surface area contributed by atoms with E-state index in [9.17, 15) is 18.0 Å². The SMILES string of the molecule is O=[C]CCCc1ccccc1C(F)(F)F. The second kappa shape index (κ2) is 4.96. The lowest BCUT2D eigenvalue weighted by Gasteiger charge is -2.11. The molecule has 0 heterocycles. The highest BCUT2D eigenvalue weighted by atomic mass is 19.4. The molecule has 1 nitrogen and oxygen atoms in total. The van der Waals surface area contributed by atoms with E-state index >= 15 is 0 Å². The van der Waals surface area contributed by atoms with E-state index in [1.807, 2.05) is 0 Å². The summed E-state index contributed by atoms with van der Waals surface area (Å²) in [4.78, 5) is 9.93. The minimum atomic E-state index is -4.32. The van der Waals surface area contributed by atoms with Gasteiger partial charge in [0.25, 0.3) is 0 Å². The van der Waals surface area contributed by atoms with E-state index in [0.29, 0.717) is 6.42 Å². The Balaban J connectivity index is 2.82. The molecular formula is C11H10F3O. The first-order valence-electron chi connectivity index (χ1n) is 4.56. The fraction of sp³-hybridized carbons (Fsp3) is 0.364. The quantitative estimate of drug-likeness (QED) is 0.705. The van der Waals surface area contributed by atoms with E-state index in [1.54, 1.807) is 12.4 Å². The summed E-state index contributed by atoms with van der Waals surface area (Å²) >= 11 is 0. The number of rotatable bonds is 4. The standard InChI is InChI=1S/C11H10F3O/c12-11(13,14)10-7-2-1-5-9(10)6-3-4-8-15/h1-2,5,7H,3-4,6H2. The second-order valence-corrected chi connectivity index (χ2v) is 3.15. The second-order valence-electron chi connectivity index (χ2n) is 3.15. The van der Waals surface area contributed by atoms with E-state index in [4.69, 9.17) is 0 Å². The zero-order valence-electron chi connectivity index (χ0n) is 7.97. The number of aryl methyl sites for hydroxylation is 1. The minimum absolute atomic E-state index is 0.173. The molecule has 0 amide bonds. The van der Waals surface area contributed by atoms with Crippen LogP contribution in [0.4, 0.5) is 13.2 Å². The molecular weight excluding hydrogens is 205 g/mol. The molecule has 0 fully saturated rings. The lowest BCUT2D eigenvalue weighted by atomic mass is 10.0. The molecule has 0 saturated carbocycles. The third-order valence-electron chi connectivity index (χ3n) is 2.05. The van der Waals surface area contributed by atoms with Gasteiger partial charge in [0, 0.05) is 6.42 Å². The maximum absolute atomic E-state index is 12.5. The van der Waals surface area contributed by atoms with Crippen molar-refractivity contribution in [3.63, 3.8) is 0 Å². The predicted octanol–water partition coefficient (Wildman–Crippen LogP) is 3.14. The van der Waals surface area contributed by atoms with Crippen LogP contribution in [0.3, 0.4) is 0 Å². The predicted molar refractivity (Wildman–Crippen MR) is 50.1 cm³/mol. The fourth-order valence-electron chi connectivity index (χ4n) is 1.37. The highest BCUT2D eigenvalue weighted by molar-refractivity contribution is 5.50. The number of benzene rings is 1. The van der Waals surface area contributed by atoms with E-state index < -0.39 is 11.7 Å². The number of unbranched alkanes of at least 4 members (excludes halogenated alkanes) is 1. The van der Waals surface area contributed by atoms with Crippen molar-refractivity contribution >= 4 is 6.29 Å². The van der Waals surface area contributed by atoms with Crippen molar-refractivity contribution in [2.24, 2.45) is 0 Å². The molecule has 0 aromatic heterocycles. The maximum atomic E-state index is 12.5. The summed E-state index contributed by atoms with van der Waals surface area (Å²) in [6, 6.07) is 5.42. The molecule has 1 rings (SSSR count). The summed E-state index contributed by atoms with van der Waals surface area (Å²) in [5, 5.41) is 0. The smallest absolute Gasteiger partial charge is 0.291 e. The summed E-state index contributed by atoms with van der Waals surface area (Å²) in [6.45, 7) is 0. The van der Waals surface area contributed by atoms with Crippen molar-refractivity contribution in [2.75, 3.05) is 0 Å². The van der Waals surface area contributed by atoms with Gasteiger partial charge in [0.2, 0.25) is 0 Å². The Morgan fingerprint density at radius 3 is 2.47 bits per heavy atom. The first-order chi connectivity index (χ1) is 7.05. The molecule has 0 aliphatic rings. The third-order valence-corrected chi connectivity index (χ3v) is 2.05. The van der Waals surface area contributed by atoms with Gasteiger partial charge in [-0.15, -0.1) is 0 Å². The van der Waals surface area contributed by atoms with Crippen molar-refractivity contribution in [3.8, 4) is 0 Å². The molecule has 81 valence electrons. The van der Waals surface area contributed by atoms with Gasteiger partial charge in [-0.2, -0.15) is 13.2 Å². The van der Waals surface area contributed by atoms with Gasteiger partial charge in [0.1, 0.15) is 0 Å². The topological polar surface area (TPSA) is 17.1 Å². The van der Waals surface area contributed by atoms with Crippen LogP contribution in [-0.4, -0.2) is 6.29 Å². The Labute approximate surface area is 85.9 Å². The Hall–Kier alpha value is -1.32. The molecule has 0 atom stereocenters. The summed E-state index contributed by atoms with van der Waals surface area (Å²) in [7, 11) is 0. The van der Waals surface area contributed by atoms with Crippen LogP contribution in [-0.2, 0) is 17.4 Å². The van der Waals surface area contributed by atoms with Gasteiger partial charge in [0.15, 0.2) is 6.29 Å². The summed E-state index contributed by atoms with van der Waals surface area (Å²) in [5.74, 6) is 0. The van der Waals surface area contributed by atoms with Crippen molar-refractivity contribution in [1.82, 2.24) is 0 Å². The highest BCUT2D eigenvalue weighted by Gasteiger charge is 2.32. The van der Waals surface area contributed by atoms with Crippen LogP contribution in [0.25, 0.3) is 0 Å². The third kappa shape index (κ3) is 3.38. The van der Waals surface area contributed by atoms with E-state index in [1.165, 1.54) is 12.1 Å². The van der Waals surface area contributed by atoms with Crippen LogP contribution in [0.1, 0.15) is 24.0 Å². The molecule has 1 aromatic rings. The van der Waals surface area contributed by atoms with Crippen LogP contribution >= 0.6 is 0 Å². The van der Waals surface area contributed by atoms with Crippen LogP contribution in [0.15, 0.2) is 24.3 Å². The van der Waals surface area contributed by atoms with Crippen LogP contribution in [0, 0.1) is 0 Å². The van der Waals surface area contributed by atoms with Gasteiger partial charge in [0.05, 0.1) is 5.56 Å². The monoisotopic (exact) mass is 215 g/mol. The molecule has 0 spiro atoms. The summed E-state index contributed by atoms with van der Waals surface area (Å²) in [5.41, 5.74) is -0.379. The summed E-state index contributed by atoms with van der Waals surface area (Å²) < 4.78 is 37.4. The van der Waals surface area contributed by atoms with Gasteiger partial charge in [-0.25, -0.2) is 0 Å². The molecule has 1 radical (unpaired) electrons. The van der Waals surface area contributed by atoms with Gasteiger partial charge in [-0.1, -0.05) is 18.2 Å². The molecule has 0 N–H and O–H groups in total. The Morgan fingerprint density at radius 1 is 1.20 bits per heavy atom. The highest BCUT2D eigenvalue weighted by Crippen LogP contribution is 2.32. The van der Waals surface area contributed by atoms with E-state index in [0.717, 1.165) is 6.07 Å². The fourth-order valence-corrected chi connectivity index (χ4v) is 1.37. The molecule has 0 saturated heterocycles. The van der Waals surface area contributed by atoms with Gasteiger partial charge >= 0.3 is 6.18 Å². The molecule has 0 unspecified atom stereocenters. The zero-order valence-corrected chi connectivity index (χ0v) is 7.97. The lowest BCUT2D eigenvalue weighted by Crippen LogP contribution is -2.08. The van der Waals surface area contributed by atoms with E-state index in [-0.39, 0.29) is 18.4 Å². The average Bonchev–Trinajstić information content (AvgIpc) is 2.17. The van der Waals surface area contributed by atoms with Crippen LogP contribution in [0.2, 0.25) is 0 Å². The van der Waals surface area contributed by atoms with Crippen molar-refractivity contribution in [2.45, 2.75) is 25.4 Å². The molecule has 0 bridgehead atoms. The van der Waals surface area contributed by atoms with Crippen molar-refractivity contribution < 1.29 is 18.0 Å². The lowest BCUT2D eigenvalue weighted by molar-refractivity contribution is -0.138. The Bertz CT molecular complexity index is 331. The van der Waals surface area contributed by atoms with Gasteiger partial charge in [-0.3, -0.25) is 4.79 Å². The first kappa shape index (κ1) is 11.8. The maximum Gasteiger partial charge on any atom is 0.416 e. The van der Waals surface area contributed by atoms with Gasteiger partial charge in [-0.05, 0) is 24.5 Å². The number of carbonyl (C=O) groups excluding carboxylic acids is 1. The van der Waals surface area contributed by atoms with Gasteiger partial charge < -0.3 is 0 Å². The van der Waals surface area contributed by atoms with Crippen LogP contribution in [0.5, 0.6) is 0 Å². The normalized spacial score (nSPS) is 11.4. The first-order valence-corrected chi connectivity index (χ1v) is 4.56. The average molecular weight is 215 g/mol. The number of hydrogen-bond acceptors (Lipinski definition) is 1.